The van der Waals surface area contributed by atoms with Crippen molar-refractivity contribution in [2.75, 3.05) is 32.8 Å². The number of hydrogen-bond acceptors (Lipinski definition) is 8. The first-order valence-corrected chi connectivity index (χ1v) is 18.5. The van der Waals surface area contributed by atoms with Gasteiger partial charge in [0.05, 0.1) is 31.3 Å². The van der Waals surface area contributed by atoms with Crippen molar-refractivity contribution in [2.45, 2.75) is 89.6 Å². The lowest BCUT2D eigenvalue weighted by molar-refractivity contribution is -0.0268. The van der Waals surface area contributed by atoms with Crippen molar-refractivity contribution in [2.24, 2.45) is 0 Å². The Labute approximate surface area is 250 Å². The largest absolute Gasteiger partial charge is 0.444 e. The lowest BCUT2D eigenvalue weighted by atomic mass is 9.70. The zero-order valence-electron chi connectivity index (χ0n) is 26.7. The minimum Gasteiger partial charge on any atom is -0.444 e. The van der Waals surface area contributed by atoms with Gasteiger partial charge in [-0.2, -0.15) is 10.4 Å². The van der Waals surface area contributed by atoms with Crippen LogP contribution in [0.2, 0.25) is 25.7 Å². The van der Waals surface area contributed by atoms with E-state index in [0.717, 1.165) is 47.8 Å². The van der Waals surface area contributed by atoms with E-state index in [1.165, 1.54) is 4.90 Å². The number of nitriles is 1. The highest BCUT2D eigenvalue weighted by Crippen LogP contribution is 2.45. The molecule has 11 nitrogen and oxygen atoms in total. The highest BCUT2D eigenvalue weighted by molar-refractivity contribution is 6.76. The van der Waals surface area contributed by atoms with Gasteiger partial charge in [0.25, 0.3) is 0 Å². The van der Waals surface area contributed by atoms with Crippen molar-refractivity contribution >= 4 is 25.2 Å². The summed E-state index contributed by atoms with van der Waals surface area (Å²) >= 11 is 0. The predicted octanol–water partition coefficient (Wildman–Crippen LogP) is 4.93. The van der Waals surface area contributed by atoms with E-state index >= 15 is 0 Å². The molecule has 42 heavy (non-hydrogen) atoms. The lowest BCUT2D eigenvalue weighted by Gasteiger charge is -2.52. The summed E-state index contributed by atoms with van der Waals surface area (Å²) in [4.78, 5) is 25.4. The molecule has 0 aromatic carbocycles. The highest BCUT2D eigenvalue weighted by atomic mass is 28.3. The Balaban J connectivity index is 1.25. The molecule has 3 aromatic heterocycles. The molecule has 1 amide bonds. The summed E-state index contributed by atoms with van der Waals surface area (Å²) in [7, 11) is -1.15. The molecule has 5 rings (SSSR count). The standard InChI is InChI=1S/C30H44N8O3Si/c1-29(2,3)41-28(39)36-13-11-35(12-14-36)24-17-30(18-24,8-9-31)38-20-23(19-34-38)26-25-7-10-37(27(25)33-21-32-26)22-40-15-16-42(4,5)6/h7,10,19-21,24H,8,11-18,22H2,1-6H3/i13D. The Morgan fingerprint density at radius 3 is 2.71 bits per heavy atom. The third-order valence-corrected chi connectivity index (χ3v) is 9.78. The van der Waals surface area contributed by atoms with Crippen LogP contribution in [-0.2, 0) is 21.7 Å². The Kier molecular flexibility index (Phi) is 8.09. The van der Waals surface area contributed by atoms with Crippen molar-refractivity contribution in [3.05, 3.63) is 31.0 Å². The van der Waals surface area contributed by atoms with Crippen LogP contribution in [0.1, 0.15) is 41.4 Å². The molecule has 3 aromatic rings. The molecule has 1 atom stereocenters. The molecule has 1 aliphatic carbocycles. The molecule has 0 bridgehead atoms. The summed E-state index contributed by atoms with van der Waals surface area (Å²) in [6, 6.07) is 5.72. The van der Waals surface area contributed by atoms with Crippen LogP contribution in [0, 0.1) is 11.3 Å². The Bertz CT molecular complexity index is 1480. The molecule has 1 saturated heterocycles. The van der Waals surface area contributed by atoms with E-state index in [1.807, 2.05) is 54.7 Å². The quantitative estimate of drug-likeness (QED) is 0.253. The van der Waals surface area contributed by atoms with Crippen molar-refractivity contribution in [1.82, 2.24) is 34.1 Å². The van der Waals surface area contributed by atoms with E-state index in [1.54, 1.807) is 6.33 Å². The number of carbonyl (C=O) groups excluding carboxylic acids is 1. The molecule has 12 heteroatoms. The van der Waals surface area contributed by atoms with Crippen LogP contribution in [0.15, 0.2) is 31.0 Å². The average Bonchev–Trinajstić information content (AvgIpc) is 3.55. The Morgan fingerprint density at radius 1 is 1.24 bits per heavy atom. The number of amides is 1. The predicted molar refractivity (Wildman–Crippen MR) is 163 cm³/mol. The van der Waals surface area contributed by atoms with E-state index in [0.29, 0.717) is 32.8 Å². The van der Waals surface area contributed by atoms with Crippen LogP contribution in [-0.4, -0.2) is 92.7 Å². The highest BCUT2D eigenvalue weighted by Gasteiger charge is 2.49. The molecular weight excluding hydrogens is 548 g/mol. The van der Waals surface area contributed by atoms with Gasteiger partial charge in [-0.05, 0) is 45.7 Å². The van der Waals surface area contributed by atoms with Crippen LogP contribution >= 0.6 is 0 Å². The zero-order chi connectivity index (χ0) is 31.0. The van der Waals surface area contributed by atoms with Crippen molar-refractivity contribution in [1.29, 1.82) is 5.26 Å². The normalized spacial score (nSPS) is 23.8. The smallest absolute Gasteiger partial charge is 0.410 e. The lowest BCUT2D eigenvalue weighted by Crippen LogP contribution is -2.60. The minimum atomic E-state index is -1.15. The van der Waals surface area contributed by atoms with Gasteiger partial charge in [0.15, 0.2) is 0 Å². The molecule has 1 aliphatic heterocycles. The van der Waals surface area contributed by atoms with Crippen LogP contribution in [0.25, 0.3) is 22.3 Å². The number of nitrogens with zero attached hydrogens (tertiary/aromatic N) is 8. The van der Waals surface area contributed by atoms with Gasteiger partial charge in [-0.15, -0.1) is 0 Å². The molecule has 2 fully saturated rings. The van der Waals surface area contributed by atoms with Crippen LogP contribution in [0.5, 0.6) is 0 Å². The number of aromatic nitrogens is 5. The number of hydrogen-bond donors (Lipinski definition) is 0. The zero-order valence-corrected chi connectivity index (χ0v) is 26.7. The summed E-state index contributed by atoms with van der Waals surface area (Å²) < 4.78 is 24.0. The van der Waals surface area contributed by atoms with Crippen molar-refractivity contribution in [3.63, 3.8) is 0 Å². The first kappa shape index (κ1) is 28.8. The van der Waals surface area contributed by atoms with Gasteiger partial charge < -0.3 is 18.9 Å². The Morgan fingerprint density at radius 2 is 2.02 bits per heavy atom. The molecule has 0 N–H and O–H groups in total. The average molecular weight is 594 g/mol. The van der Waals surface area contributed by atoms with E-state index in [2.05, 4.69) is 40.6 Å². The fourth-order valence-corrected chi connectivity index (χ4v) is 6.42. The number of carbonyl (C=O) groups is 1. The summed E-state index contributed by atoms with van der Waals surface area (Å²) in [6.07, 6.45) is 8.78. The van der Waals surface area contributed by atoms with Gasteiger partial charge >= 0.3 is 6.09 Å². The van der Waals surface area contributed by atoms with E-state index in [4.69, 9.17) is 15.9 Å². The second kappa shape index (κ2) is 11.8. The van der Waals surface area contributed by atoms with Gasteiger partial charge in [0.1, 0.15) is 24.3 Å². The molecule has 0 radical (unpaired) electrons. The van der Waals surface area contributed by atoms with Gasteiger partial charge in [-0.3, -0.25) is 9.58 Å². The summed E-state index contributed by atoms with van der Waals surface area (Å²) in [6.45, 7) is 14.6. The SMILES string of the molecule is [2H]C1CN(C2CC(CC#N)(n3cc(-c4ncnc5c4ccn5COCC[Si](C)(C)C)cn3)C2)CCN1C(=O)OC(C)(C)C. The third kappa shape index (κ3) is 6.69. The number of rotatable bonds is 9. The minimum absolute atomic E-state index is 0.218. The number of ether oxygens (including phenoxy) is 2. The first-order chi connectivity index (χ1) is 20.3. The molecule has 0 spiro atoms. The fraction of sp³-hybridized carbons (Fsp3) is 0.633. The monoisotopic (exact) mass is 593 g/mol. The number of piperazine rings is 1. The molecule has 1 unspecified atom stereocenters. The first-order valence-electron chi connectivity index (χ1n) is 15.3. The van der Waals surface area contributed by atoms with Crippen LogP contribution < -0.4 is 0 Å². The summed E-state index contributed by atoms with van der Waals surface area (Å²) in [5, 5.41) is 15.4. The summed E-state index contributed by atoms with van der Waals surface area (Å²) in [5.41, 5.74) is 1.49. The van der Waals surface area contributed by atoms with Gasteiger partial charge in [0.2, 0.25) is 0 Å². The summed E-state index contributed by atoms with van der Waals surface area (Å²) in [5.74, 6) is 0. The van der Waals surface area contributed by atoms with E-state index in [-0.39, 0.29) is 6.04 Å². The van der Waals surface area contributed by atoms with Crippen molar-refractivity contribution in [3.8, 4) is 17.3 Å². The van der Waals surface area contributed by atoms with Crippen LogP contribution in [0.4, 0.5) is 4.79 Å². The van der Waals surface area contributed by atoms with Gasteiger partial charge in [-0.25, -0.2) is 14.8 Å². The van der Waals surface area contributed by atoms with Gasteiger partial charge in [0, 0.05) is 70.2 Å². The van der Waals surface area contributed by atoms with Crippen molar-refractivity contribution < 1.29 is 15.6 Å². The van der Waals surface area contributed by atoms with Crippen LogP contribution in [0.3, 0.4) is 0 Å². The third-order valence-electron chi connectivity index (χ3n) is 8.07. The maximum atomic E-state index is 12.6. The molecule has 1 saturated carbocycles. The van der Waals surface area contributed by atoms with E-state index in [9.17, 15) is 10.1 Å². The molecule has 2 aliphatic rings. The molecule has 226 valence electrons. The molecule has 4 heterocycles. The fourth-order valence-electron chi connectivity index (χ4n) is 5.66. The van der Waals surface area contributed by atoms with E-state index < -0.39 is 31.8 Å². The molecular formula is C30H44N8O3Si. The Hall–Kier alpha value is -3.27. The second-order valence-electron chi connectivity index (χ2n) is 13.7. The maximum absolute atomic E-state index is 12.6. The topological polar surface area (TPSA) is 114 Å². The second-order valence-corrected chi connectivity index (χ2v) is 19.4. The van der Waals surface area contributed by atoms with Gasteiger partial charge in [-0.1, -0.05) is 19.6 Å². The maximum Gasteiger partial charge on any atom is 0.410 e. The number of fused-ring (bicyclic) bond motifs is 1.